The Labute approximate surface area is 96.7 Å². The molecule has 1 saturated carbocycles. The van der Waals surface area contributed by atoms with Gasteiger partial charge in [0.05, 0.1) is 0 Å². The quantitative estimate of drug-likeness (QED) is 0.729. The summed E-state index contributed by atoms with van der Waals surface area (Å²) >= 11 is 0. The van der Waals surface area contributed by atoms with E-state index in [0.717, 1.165) is 12.8 Å². The topological polar surface area (TPSA) is 58.6 Å². The molecule has 1 amide bonds. The first-order valence-corrected chi connectivity index (χ1v) is 5.61. The Balaban J connectivity index is 2.59. The lowest BCUT2D eigenvalue weighted by Gasteiger charge is -2.23. The predicted molar refractivity (Wildman–Crippen MR) is 62.3 cm³/mol. The van der Waals surface area contributed by atoms with Gasteiger partial charge in [0.1, 0.15) is 16.9 Å². The molecule has 0 aromatic rings. The number of aliphatic hydroxyl groups is 1. The molecule has 1 aliphatic carbocycles. The zero-order valence-electron chi connectivity index (χ0n) is 10.5. The minimum Gasteiger partial charge on any atom is -0.510 e. The molecular formula is C12H21NO3. The van der Waals surface area contributed by atoms with Crippen molar-refractivity contribution < 1.29 is 14.6 Å². The second kappa shape index (κ2) is 4.00. The molecule has 0 radical (unpaired) electrons. The lowest BCUT2D eigenvalue weighted by molar-refractivity contribution is 0.0487. The fourth-order valence-electron chi connectivity index (χ4n) is 1.89. The fourth-order valence-corrected chi connectivity index (χ4v) is 1.89. The van der Waals surface area contributed by atoms with Gasteiger partial charge in [0.2, 0.25) is 0 Å². The molecule has 4 nitrogen and oxygen atoms in total. The molecule has 0 saturated heterocycles. The highest BCUT2D eigenvalue weighted by Crippen LogP contribution is 2.49. The van der Waals surface area contributed by atoms with E-state index >= 15 is 0 Å². The van der Waals surface area contributed by atoms with E-state index in [4.69, 9.17) is 4.74 Å². The lowest BCUT2D eigenvalue weighted by atomic mass is 10.1. The molecule has 4 heteroatoms. The Morgan fingerprint density at radius 3 is 2.50 bits per heavy atom. The molecule has 2 N–H and O–H groups in total. The number of nitrogens with one attached hydrogen (secondary N) is 1. The van der Waals surface area contributed by atoms with E-state index in [2.05, 4.69) is 11.9 Å². The van der Waals surface area contributed by atoms with Gasteiger partial charge in [0.15, 0.2) is 0 Å². The summed E-state index contributed by atoms with van der Waals surface area (Å²) in [6, 6.07) is 0. The maximum atomic E-state index is 11.6. The molecular weight excluding hydrogens is 206 g/mol. The van der Waals surface area contributed by atoms with Crippen molar-refractivity contribution in [2.45, 2.75) is 51.7 Å². The first-order valence-electron chi connectivity index (χ1n) is 5.61. The fraction of sp³-hybridized carbons (Fsp3) is 0.750. The average molecular weight is 227 g/mol. The minimum atomic E-state index is -0.656. The van der Waals surface area contributed by atoms with Gasteiger partial charge in [-0.3, -0.25) is 0 Å². The van der Waals surface area contributed by atoms with E-state index in [9.17, 15) is 9.90 Å². The van der Waals surface area contributed by atoms with Crippen LogP contribution in [0.5, 0.6) is 0 Å². The third-order valence-corrected chi connectivity index (χ3v) is 2.84. The van der Waals surface area contributed by atoms with Crippen LogP contribution in [0.2, 0.25) is 0 Å². The number of carbonyl (C=O) groups is 1. The van der Waals surface area contributed by atoms with Gasteiger partial charge in [-0.1, -0.05) is 19.9 Å². The lowest BCUT2D eigenvalue weighted by Crippen LogP contribution is -2.43. The smallest absolute Gasteiger partial charge is 0.408 e. The summed E-state index contributed by atoms with van der Waals surface area (Å²) < 4.78 is 5.15. The van der Waals surface area contributed by atoms with Crippen molar-refractivity contribution in [3.8, 4) is 0 Å². The van der Waals surface area contributed by atoms with Crippen LogP contribution in [-0.2, 0) is 4.74 Å². The number of hydrogen-bond donors (Lipinski definition) is 2. The largest absolute Gasteiger partial charge is 0.510 e. The van der Waals surface area contributed by atoms with Crippen LogP contribution in [0.3, 0.4) is 0 Å². The maximum Gasteiger partial charge on any atom is 0.408 e. The number of alkyl carbamates (subject to hydrolysis) is 1. The van der Waals surface area contributed by atoms with Gasteiger partial charge >= 0.3 is 6.09 Å². The molecule has 1 aliphatic rings. The molecule has 16 heavy (non-hydrogen) atoms. The minimum absolute atomic E-state index is 0.0187. The van der Waals surface area contributed by atoms with Gasteiger partial charge < -0.3 is 15.2 Å². The van der Waals surface area contributed by atoms with Crippen molar-refractivity contribution in [3.05, 3.63) is 12.3 Å². The van der Waals surface area contributed by atoms with Crippen molar-refractivity contribution in [1.29, 1.82) is 0 Å². The molecule has 0 aliphatic heterocycles. The van der Waals surface area contributed by atoms with Crippen molar-refractivity contribution in [2.75, 3.05) is 0 Å². The van der Waals surface area contributed by atoms with Crippen molar-refractivity contribution >= 4 is 6.09 Å². The van der Waals surface area contributed by atoms with E-state index < -0.39 is 17.2 Å². The van der Waals surface area contributed by atoms with Crippen LogP contribution in [-0.4, -0.2) is 22.3 Å². The molecule has 1 rings (SSSR count). The SMILES string of the molecule is C=C(O)[C@@]1(NC(=O)OC(C)(C)C)C[C@H]1CC. The molecule has 2 atom stereocenters. The standard InChI is InChI=1S/C12H21NO3/c1-6-9-7-12(9,8(2)14)13-10(15)16-11(3,4)5/h9,14H,2,6-7H2,1,3-5H3,(H,13,15)/t9-,12+/m1/s1. The van der Waals surface area contributed by atoms with Crippen LogP contribution in [0.25, 0.3) is 0 Å². The maximum absolute atomic E-state index is 11.6. The van der Waals surface area contributed by atoms with Crippen LogP contribution < -0.4 is 5.32 Å². The molecule has 0 heterocycles. The van der Waals surface area contributed by atoms with Crippen LogP contribution in [0, 0.1) is 5.92 Å². The first kappa shape index (κ1) is 12.9. The average Bonchev–Trinajstić information content (AvgIpc) is 2.76. The Morgan fingerprint density at radius 2 is 2.19 bits per heavy atom. The van der Waals surface area contributed by atoms with Crippen LogP contribution in [0.15, 0.2) is 12.3 Å². The summed E-state index contributed by atoms with van der Waals surface area (Å²) in [5.41, 5.74) is -1.18. The van der Waals surface area contributed by atoms with Gasteiger partial charge in [0.25, 0.3) is 0 Å². The second-order valence-electron chi connectivity index (χ2n) is 5.35. The summed E-state index contributed by atoms with van der Waals surface area (Å²) in [6.07, 6.45) is 1.13. The molecule has 0 aromatic carbocycles. The van der Waals surface area contributed by atoms with Gasteiger partial charge in [-0.05, 0) is 33.1 Å². The summed E-state index contributed by atoms with van der Waals surface area (Å²) in [5, 5.41) is 12.2. The molecule has 0 aromatic heterocycles. The van der Waals surface area contributed by atoms with Gasteiger partial charge in [0, 0.05) is 0 Å². The number of ether oxygens (including phenoxy) is 1. The molecule has 0 spiro atoms. The number of carbonyl (C=O) groups excluding carboxylic acids is 1. The summed E-state index contributed by atoms with van der Waals surface area (Å²) in [7, 11) is 0. The highest BCUT2D eigenvalue weighted by molar-refractivity contribution is 5.70. The van der Waals surface area contributed by atoms with Crippen molar-refractivity contribution in [3.63, 3.8) is 0 Å². The van der Waals surface area contributed by atoms with Gasteiger partial charge in [-0.2, -0.15) is 0 Å². The zero-order valence-corrected chi connectivity index (χ0v) is 10.5. The highest BCUT2D eigenvalue weighted by atomic mass is 16.6. The van der Waals surface area contributed by atoms with Crippen LogP contribution in [0.1, 0.15) is 40.5 Å². The van der Waals surface area contributed by atoms with Crippen LogP contribution in [0.4, 0.5) is 4.79 Å². The van der Waals surface area contributed by atoms with E-state index in [1.54, 1.807) is 20.8 Å². The van der Waals surface area contributed by atoms with E-state index in [1.807, 2.05) is 6.92 Å². The van der Waals surface area contributed by atoms with Crippen LogP contribution >= 0.6 is 0 Å². The van der Waals surface area contributed by atoms with Gasteiger partial charge in [-0.25, -0.2) is 4.79 Å². The number of amides is 1. The normalized spacial score (nSPS) is 28.4. The van der Waals surface area contributed by atoms with E-state index in [0.29, 0.717) is 0 Å². The molecule has 92 valence electrons. The predicted octanol–water partition coefficient (Wildman–Crippen LogP) is 2.75. The summed E-state index contributed by atoms with van der Waals surface area (Å²) in [5.74, 6) is 0.280. The third kappa shape index (κ3) is 2.68. The molecule has 1 fully saturated rings. The number of hydrogen-bond acceptors (Lipinski definition) is 3. The first-order chi connectivity index (χ1) is 7.21. The molecule has 0 bridgehead atoms. The zero-order chi connectivity index (χ0) is 12.6. The Bertz CT molecular complexity index is 306. The monoisotopic (exact) mass is 227 g/mol. The third-order valence-electron chi connectivity index (χ3n) is 2.84. The Kier molecular flexibility index (Phi) is 3.22. The highest BCUT2D eigenvalue weighted by Gasteiger charge is 2.57. The van der Waals surface area contributed by atoms with Crippen molar-refractivity contribution in [2.24, 2.45) is 5.92 Å². The van der Waals surface area contributed by atoms with E-state index in [-0.39, 0.29) is 11.7 Å². The summed E-state index contributed by atoms with van der Waals surface area (Å²) in [6.45, 7) is 11.0. The molecule has 0 unspecified atom stereocenters. The van der Waals surface area contributed by atoms with Crippen molar-refractivity contribution in [1.82, 2.24) is 5.32 Å². The van der Waals surface area contributed by atoms with Gasteiger partial charge in [-0.15, -0.1) is 0 Å². The number of rotatable bonds is 3. The Morgan fingerprint density at radius 1 is 1.62 bits per heavy atom. The second-order valence-corrected chi connectivity index (χ2v) is 5.35. The Hall–Kier alpha value is -1.19. The number of aliphatic hydroxyl groups excluding tert-OH is 1. The van der Waals surface area contributed by atoms with E-state index in [1.165, 1.54) is 0 Å². The summed E-state index contributed by atoms with van der Waals surface area (Å²) in [4.78, 5) is 11.6.